The molecular weight excluding hydrogens is 348 g/mol. The first kappa shape index (κ1) is 19.5. The van der Waals surface area contributed by atoms with Crippen LogP contribution in [0.2, 0.25) is 0 Å². The summed E-state index contributed by atoms with van der Waals surface area (Å²) in [6.45, 7) is 5.22. The molecule has 2 heterocycles. The van der Waals surface area contributed by atoms with Gasteiger partial charge in [-0.15, -0.1) is 0 Å². The van der Waals surface area contributed by atoms with Crippen LogP contribution in [0.3, 0.4) is 0 Å². The topological polar surface area (TPSA) is 106 Å². The summed E-state index contributed by atoms with van der Waals surface area (Å²) in [5, 5.41) is 9.21. The lowest BCUT2D eigenvalue weighted by Gasteiger charge is -2.30. The largest absolute Gasteiger partial charge is 0.481 e. The van der Waals surface area contributed by atoms with E-state index < -0.39 is 27.9 Å². The molecule has 0 aliphatic carbocycles. The van der Waals surface area contributed by atoms with Crippen molar-refractivity contribution >= 4 is 22.0 Å². The molecule has 0 aromatic carbocycles. The summed E-state index contributed by atoms with van der Waals surface area (Å²) < 4.78 is 34.2. The van der Waals surface area contributed by atoms with E-state index in [9.17, 15) is 23.1 Å². The van der Waals surface area contributed by atoms with Gasteiger partial charge in [-0.3, -0.25) is 4.79 Å². The van der Waals surface area contributed by atoms with Gasteiger partial charge < -0.3 is 14.4 Å². The molecule has 140 valence electrons. The highest BCUT2D eigenvalue weighted by Crippen LogP contribution is 2.32. The van der Waals surface area contributed by atoms with Crippen LogP contribution in [0.4, 0.5) is 0 Å². The Labute approximate surface area is 147 Å². The Morgan fingerprint density at radius 3 is 2.48 bits per heavy atom. The summed E-state index contributed by atoms with van der Waals surface area (Å²) >= 11 is 0. The monoisotopic (exact) mass is 372 g/mol. The van der Waals surface area contributed by atoms with Crippen molar-refractivity contribution in [1.82, 2.24) is 8.87 Å². The van der Waals surface area contributed by atoms with Gasteiger partial charge in [-0.25, -0.2) is 13.2 Å². The predicted octanol–water partition coefficient (Wildman–Crippen LogP) is 1.30. The number of carboxylic acids is 1. The van der Waals surface area contributed by atoms with Gasteiger partial charge in [0.1, 0.15) is 10.5 Å². The van der Waals surface area contributed by atoms with E-state index in [1.54, 1.807) is 32.4 Å². The molecule has 0 spiro atoms. The highest BCUT2D eigenvalue weighted by molar-refractivity contribution is 7.89. The molecule has 9 heteroatoms. The highest BCUT2D eigenvalue weighted by atomic mass is 32.2. The summed E-state index contributed by atoms with van der Waals surface area (Å²) in [7, 11) is -2.32. The number of hydrogen-bond acceptors (Lipinski definition) is 5. The summed E-state index contributed by atoms with van der Waals surface area (Å²) in [6.07, 6.45) is 0.911. The third kappa shape index (κ3) is 3.43. The molecule has 0 bridgehead atoms. The maximum absolute atomic E-state index is 13.2. The number of rotatable bonds is 5. The zero-order chi connectivity index (χ0) is 18.9. The maximum Gasteiger partial charge on any atom is 0.341 e. The van der Waals surface area contributed by atoms with Crippen molar-refractivity contribution in [2.24, 2.45) is 13.0 Å². The van der Waals surface area contributed by atoms with Crippen LogP contribution < -0.4 is 0 Å². The smallest absolute Gasteiger partial charge is 0.341 e. The SMILES string of the molecule is CCOC(=O)c1c(S(=O)(=O)N2CCCC(C(=O)O)C2)c(C)n(C)c1C. The first-order valence-electron chi connectivity index (χ1n) is 8.18. The van der Waals surface area contributed by atoms with Gasteiger partial charge in [0.2, 0.25) is 10.0 Å². The molecule has 1 aliphatic heterocycles. The number of carboxylic acid groups (broad SMARTS) is 1. The lowest BCUT2D eigenvalue weighted by molar-refractivity contribution is -0.142. The molecule has 25 heavy (non-hydrogen) atoms. The number of piperidine rings is 1. The van der Waals surface area contributed by atoms with Gasteiger partial charge in [0.05, 0.1) is 12.5 Å². The molecule has 1 saturated heterocycles. The van der Waals surface area contributed by atoms with E-state index in [2.05, 4.69) is 0 Å². The fourth-order valence-corrected chi connectivity index (χ4v) is 5.17. The van der Waals surface area contributed by atoms with Gasteiger partial charge in [0.25, 0.3) is 0 Å². The average molecular weight is 372 g/mol. The maximum atomic E-state index is 13.2. The van der Waals surface area contributed by atoms with E-state index in [1.807, 2.05) is 0 Å². The van der Waals surface area contributed by atoms with Crippen LogP contribution in [0, 0.1) is 19.8 Å². The van der Waals surface area contributed by atoms with E-state index in [0.29, 0.717) is 24.2 Å². The molecule has 1 aromatic rings. The van der Waals surface area contributed by atoms with Crippen molar-refractivity contribution in [1.29, 1.82) is 0 Å². The normalized spacial score (nSPS) is 19.0. The zero-order valence-electron chi connectivity index (χ0n) is 14.9. The molecule has 1 fully saturated rings. The van der Waals surface area contributed by atoms with Gasteiger partial charge in [-0.2, -0.15) is 4.31 Å². The number of carbonyl (C=O) groups excluding carboxylic acids is 1. The summed E-state index contributed by atoms with van der Waals surface area (Å²) in [6, 6.07) is 0. The Kier molecular flexibility index (Phi) is 5.58. The number of sulfonamides is 1. The van der Waals surface area contributed by atoms with Crippen molar-refractivity contribution in [3.63, 3.8) is 0 Å². The first-order valence-corrected chi connectivity index (χ1v) is 9.62. The van der Waals surface area contributed by atoms with Crippen LogP contribution in [0.1, 0.15) is 41.5 Å². The molecule has 1 unspecified atom stereocenters. The number of ether oxygens (including phenoxy) is 1. The zero-order valence-corrected chi connectivity index (χ0v) is 15.7. The second kappa shape index (κ2) is 7.17. The van der Waals surface area contributed by atoms with E-state index in [1.165, 1.54) is 4.31 Å². The van der Waals surface area contributed by atoms with Crippen LogP contribution in [-0.4, -0.2) is 54.0 Å². The molecule has 8 nitrogen and oxygen atoms in total. The number of carbonyl (C=O) groups is 2. The van der Waals surface area contributed by atoms with Crippen LogP contribution in [-0.2, 0) is 26.6 Å². The number of esters is 1. The molecule has 1 aliphatic rings. The van der Waals surface area contributed by atoms with Crippen molar-refractivity contribution < 1.29 is 27.9 Å². The van der Waals surface area contributed by atoms with E-state index in [4.69, 9.17) is 4.74 Å². The molecule has 0 amide bonds. The summed E-state index contributed by atoms with van der Waals surface area (Å²) in [5.41, 5.74) is 0.957. The van der Waals surface area contributed by atoms with Crippen molar-refractivity contribution in [2.75, 3.05) is 19.7 Å². The van der Waals surface area contributed by atoms with Crippen molar-refractivity contribution in [2.45, 2.75) is 38.5 Å². The minimum absolute atomic E-state index is 0.0271. The van der Waals surface area contributed by atoms with Crippen LogP contribution in [0.25, 0.3) is 0 Å². The van der Waals surface area contributed by atoms with Crippen LogP contribution >= 0.6 is 0 Å². The molecule has 1 N–H and O–H groups in total. The number of aromatic nitrogens is 1. The Morgan fingerprint density at radius 1 is 1.28 bits per heavy atom. The second-order valence-electron chi connectivity index (χ2n) is 6.19. The minimum Gasteiger partial charge on any atom is -0.481 e. The molecular formula is C16H24N2O6S. The van der Waals surface area contributed by atoms with Gasteiger partial charge >= 0.3 is 11.9 Å². The van der Waals surface area contributed by atoms with E-state index >= 15 is 0 Å². The highest BCUT2D eigenvalue weighted by Gasteiger charge is 2.38. The Hall–Kier alpha value is -1.87. The van der Waals surface area contributed by atoms with Crippen LogP contribution in [0.15, 0.2) is 4.90 Å². The Morgan fingerprint density at radius 2 is 1.92 bits per heavy atom. The number of hydrogen-bond donors (Lipinski definition) is 1. The molecule has 2 rings (SSSR count). The molecule has 0 radical (unpaired) electrons. The summed E-state index contributed by atoms with van der Waals surface area (Å²) in [5.74, 6) is -2.43. The van der Waals surface area contributed by atoms with E-state index in [-0.39, 0.29) is 30.2 Å². The van der Waals surface area contributed by atoms with E-state index in [0.717, 1.165) is 0 Å². The van der Waals surface area contributed by atoms with Crippen molar-refractivity contribution in [3.05, 3.63) is 17.0 Å². The molecule has 1 atom stereocenters. The Balaban J connectivity index is 2.54. The second-order valence-corrected chi connectivity index (χ2v) is 8.07. The van der Waals surface area contributed by atoms with Crippen LogP contribution in [0.5, 0.6) is 0 Å². The van der Waals surface area contributed by atoms with Gasteiger partial charge in [0, 0.05) is 31.5 Å². The lowest BCUT2D eigenvalue weighted by atomic mass is 10.0. The third-order valence-electron chi connectivity index (χ3n) is 4.73. The van der Waals surface area contributed by atoms with Crippen molar-refractivity contribution in [3.8, 4) is 0 Å². The Bertz CT molecular complexity index is 796. The average Bonchev–Trinajstić information content (AvgIpc) is 2.80. The fourth-order valence-electron chi connectivity index (χ4n) is 3.17. The minimum atomic E-state index is -4.01. The lowest BCUT2D eigenvalue weighted by Crippen LogP contribution is -2.42. The predicted molar refractivity (Wildman–Crippen MR) is 90.0 cm³/mol. The van der Waals surface area contributed by atoms with Gasteiger partial charge in [-0.1, -0.05) is 0 Å². The van der Waals surface area contributed by atoms with Gasteiger partial charge in [-0.05, 0) is 33.6 Å². The number of aliphatic carboxylic acids is 1. The third-order valence-corrected chi connectivity index (χ3v) is 6.76. The first-order chi connectivity index (χ1) is 11.6. The van der Waals surface area contributed by atoms with Gasteiger partial charge in [0.15, 0.2) is 0 Å². The standard InChI is InChI=1S/C16H24N2O6S/c1-5-24-16(21)13-10(2)17(4)11(3)14(13)25(22,23)18-8-6-7-12(9-18)15(19)20/h12H,5-9H2,1-4H3,(H,19,20). The molecule has 0 saturated carbocycles. The summed E-state index contributed by atoms with van der Waals surface area (Å²) in [4.78, 5) is 23.5. The molecule has 1 aromatic heterocycles. The quantitative estimate of drug-likeness (QED) is 0.781. The number of nitrogens with zero attached hydrogens (tertiary/aromatic N) is 2. The fraction of sp³-hybridized carbons (Fsp3) is 0.625.